The summed E-state index contributed by atoms with van der Waals surface area (Å²) in [5, 5.41) is 3.33. The molecule has 0 aliphatic heterocycles. The van der Waals surface area contributed by atoms with Crippen molar-refractivity contribution in [1.82, 2.24) is 5.32 Å². The number of hydrogen-bond donors (Lipinski definition) is 1. The number of hydrogen-bond acceptors (Lipinski definition) is 2. The summed E-state index contributed by atoms with van der Waals surface area (Å²) in [7, 11) is 1.54. The monoisotopic (exact) mass is 117 g/mol. The van der Waals surface area contributed by atoms with Crippen LogP contribution in [0.5, 0.6) is 0 Å². The van der Waals surface area contributed by atoms with Gasteiger partial charge in [0.15, 0.2) is 0 Å². The Balaban J connectivity index is 2.82. The lowest BCUT2D eigenvalue weighted by molar-refractivity contribution is 0.196. The molecule has 2 N–H and O–H groups in total. The molecule has 47 valence electrons. The number of rotatable bonds is 3. The van der Waals surface area contributed by atoms with E-state index in [9.17, 15) is 4.79 Å². The van der Waals surface area contributed by atoms with Gasteiger partial charge in [0, 0.05) is 7.11 Å². The minimum absolute atomic E-state index is 0.353. The molecule has 0 unspecified atom stereocenters. The normalized spacial score (nSPS) is 8.62. The standard InChI is InChI=1S/C4H9N2O2/c1-8-3-2-6-4(5)7/h2-3H2,1H3,(H2,5,7). The van der Waals surface area contributed by atoms with E-state index in [2.05, 4.69) is 15.8 Å². The van der Waals surface area contributed by atoms with Gasteiger partial charge < -0.3 is 10.5 Å². The fourth-order valence-corrected chi connectivity index (χ4v) is 0.247. The van der Waals surface area contributed by atoms with Crippen LogP contribution in [-0.4, -0.2) is 26.3 Å². The summed E-state index contributed by atoms with van der Waals surface area (Å²) < 4.78 is 4.59. The predicted octanol–water partition coefficient (Wildman–Crippen LogP) is -0.684. The van der Waals surface area contributed by atoms with Gasteiger partial charge in [-0.1, -0.05) is 0 Å². The summed E-state index contributed by atoms with van der Waals surface area (Å²) in [6.07, 6.45) is 0. The molecule has 4 nitrogen and oxygen atoms in total. The third-order valence-electron chi connectivity index (χ3n) is 0.563. The lowest BCUT2D eigenvalue weighted by atomic mass is 10.7. The second-order valence-corrected chi connectivity index (χ2v) is 1.21. The Morgan fingerprint density at radius 2 is 2.50 bits per heavy atom. The maximum atomic E-state index is 9.87. The Bertz CT molecular complexity index is 74.4. The average molecular weight is 117 g/mol. The molecule has 0 saturated heterocycles. The number of primary amides is 1. The molecule has 1 radical (unpaired) electrons. The van der Waals surface area contributed by atoms with Crippen LogP contribution in [-0.2, 0) is 4.74 Å². The van der Waals surface area contributed by atoms with Crippen molar-refractivity contribution in [2.45, 2.75) is 0 Å². The highest BCUT2D eigenvalue weighted by molar-refractivity contribution is 5.71. The van der Waals surface area contributed by atoms with Gasteiger partial charge >= 0.3 is 6.03 Å². The molecule has 0 aliphatic carbocycles. The zero-order chi connectivity index (χ0) is 6.41. The van der Waals surface area contributed by atoms with E-state index < -0.39 is 6.03 Å². The van der Waals surface area contributed by atoms with Crippen molar-refractivity contribution in [3.8, 4) is 0 Å². The maximum absolute atomic E-state index is 9.87. The molecule has 4 heteroatoms. The lowest BCUT2D eigenvalue weighted by Gasteiger charge is -1.93. The van der Waals surface area contributed by atoms with Gasteiger partial charge in [0.1, 0.15) is 0 Å². The summed E-state index contributed by atoms with van der Waals surface area (Å²) >= 11 is 0. The minimum Gasteiger partial charge on any atom is -0.383 e. The lowest BCUT2D eigenvalue weighted by Crippen LogP contribution is -2.25. The molecule has 0 aromatic heterocycles. The van der Waals surface area contributed by atoms with Crippen LogP contribution in [0.15, 0.2) is 0 Å². The maximum Gasteiger partial charge on any atom is 0.333 e. The van der Waals surface area contributed by atoms with Crippen LogP contribution in [0.2, 0.25) is 0 Å². The first-order valence-corrected chi connectivity index (χ1v) is 2.23. The van der Waals surface area contributed by atoms with E-state index in [-0.39, 0.29) is 0 Å². The number of carbonyl (C=O) groups excluding carboxylic acids is 1. The summed E-state index contributed by atoms with van der Waals surface area (Å²) in [6.45, 7) is 0.800. The van der Waals surface area contributed by atoms with E-state index in [0.717, 1.165) is 0 Å². The Morgan fingerprint density at radius 1 is 1.88 bits per heavy atom. The number of ether oxygens (including phenoxy) is 1. The first-order valence-electron chi connectivity index (χ1n) is 2.23. The van der Waals surface area contributed by atoms with Gasteiger partial charge in [-0.05, 0) is 0 Å². The van der Waals surface area contributed by atoms with Crippen molar-refractivity contribution in [3.05, 3.63) is 0 Å². The van der Waals surface area contributed by atoms with E-state index in [1.165, 1.54) is 7.11 Å². The molecule has 2 amide bonds. The summed E-state index contributed by atoms with van der Waals surface area (Å²) in [6, 6.07) is -0.637. The van der Waals surface area contributed by atoms with Crippen LogP contribution in [0.1, 0.15) is 0 Å². The van der Waals surface area contributed by atoms with E-state index in [1.807, 2.05) is 0 Å². The van der Waals surface area contributed by atoms with E-state index in [0.29, 0.717) is 13.2 Å². The molecule has 0 spiro atoms. The molecule has 0 aromatic carbocycles. The quantitative estimate of drug-likeness (QED) is 0.497. The molecular weight excluding hydrogens is 108 g/mol. The largest absolute Gasteiger partial charge is 0.383 e. The Labute approximate surface area is 48.0 Å². The van der Waals surface area contributed by atoms with Gasteiger partial charge in [0.2, 0.25) is 0 Å². The SMILES string of the molecule is COCC[N]C(N)=O. The van der Waals surface area contributed by atoms with E-state index in [4.69, 9.17) is 0 Å². The second kappa shape index (κ2) is 4.39. The Hall–Kier alpha value is -0.770. The van der Waals surface area contributed by atoms with Gasteiger partial charge in [0.05, 0.1) is 13.2 Å². The number of amides is 2. The van der Waals surface area contributed by atoms with Crippen LogP contribution in [0, 0.1) is 0 Å². The minimum atomic E-state index is -0.637. The number of methoxy groups -OCH3 is 1. The summed E-state index contributed by atoms with van der Waals surface area (Å²) in [4.78, 5) is 9.87. The molecule has 0 saturated carbocycles. The third-order valence-corrected chi connectivity index (χ3v) is 0.563. The van der Waals surface area contributed by atoms with E-state index in [1.54, 1.807) is 0 Å². The van der Waals surface area contributed by atoms with Crippen LogP contribution in [0.3, 0.4) is 0 Å². The van der Waals surface area contributed by atoms with E-state index >= 15 is 0 Å². The van der Waals surface area contributed by atoms with Crippen molar-refractivity contribution in [3.63, 3.8) is 0 Å². The highest BCUT2D eigenvalue weighted by atomic mass is 16.5. The van der Waals surface area contributed by atoms with Crippen molar-refractivity contribution in [2.24, 2.45) is 5.73 Å². The third kappa shape index (κ3) is 5.23. The molecule has 0 bridgehead atoms. The first kappa shape index (κ1) is 7.23. The molecule has 0 atom stereocenters. The zero-order valence-corrected chi connectivity index (χ0v) is 4.76. The zero-order valence-electron chi connectivity index (χ0n) is 4.76. The number of nitrogens with zero attached hydrogens (tertiary/aromatic N) is 1. The average Bonchev–Trinajstić information content (AvgIpc) is 1.66. The second-order valence-electron chi connectivity index (χ2n) is 1.21. The van der Waals surface area contributed by atoms with Crippen molar-refractivity contribution in [1.29, 1.82) is 0 Å². The molecule has 0 rings (SSSR count). The number of nitrogens with two attached hydrogens (primary N) is 1. The highest BCUT2D eigenvalue weighted by Gasteiger charge is 1.89. The molecular formula is C4H9N2O2. The topological polar surface area (TPSA) is 66.4 Å². The van der Waals surface area contributed by atoms with Gasteiger partial charge in [-0.2, -0.15) is 0 Å². The van der Waals surface area contributed by atoms with Crippen LogP contribution < -0.4 is 11.1 Å². The predicted molar refractivity (Wildman–Crippen MR) is 28.5 cm³/mol. The van der Waals surface area contributed by atoms with Crippen LogP contribution in [0.25, 0.3) is 0 Å². The van der Waals surface area contributed by atoms with Crippen LogP contribution in [0.4, 0.5) is 4.79 Å². The fourth-order valence-electron chi connectivity index (χ4n) is 0.247. The Morgan fingerprint density at radius 3 is 2.88 bits per heavy atom. The molecule has 0 aromatic rings. The summed E-state index contributed by atoms with van der Waals surface area (Å²) in [5.74, 6) is 0. The van der Waals surface area contributed by atoms with Gasteiger partial charge in [-0.25, -0.2) is 10.1 Å². The molecule has 0 heterocycles. The number of carbonyl (C=O) groups is 1. The highest BCUT2D eigenvalue weighted by Crippen LogP contribution is 1.64. The summed E-state index contributed by atoms with van der Waals surface area (Å²) in [5.41, 5.74) is 4.67. The van der Waals surface area contributed by atoms with Gasteiger partial charge in [0.25, 0.3) is 0 Å². The molecule has 8 heavy (non-hydrogen) atoms. The number of urea groups is 1. The van der Waals surface area contributed by atoms with Crippen molar-refractivity contribution in [2.75, 3.05) is 20.3 Å². The smallest absolute Gasteiger partial charge is 0.333 e. The molecule has 0 fully saturated rings. The van der Waals surface area contributed by atoms with Crippen molar-refractivity contribution >= 4 is 6.03 Å². The Kier molecular flexibility index (Phi) is 3.97. The van der Waals surface area contributed by atoms with Crippen LogP contribution >= 0.6 is 0 Å². The molecule has 0 aliphatic rings. The van der Waals surface area contributed by atoms with Crippen molar-refractivity contribution < 1.29 is 9.53 Å². The van der Waals surface area contributed by atoms with Gasteiger partial charge in [-0.15, -0.1) is 0 Å². The first-order chi connectivity index (χ1) is 3.77. The fraction of sp³-hybridized carbons (Fsp3) is 0.750. The van der Waals surface area contributed by atoms with Gasteiger partial charge in [-0.3, -0.25) is 0 Å².